The van der Waals surface area contributed by atoms with E-state index in [-0.39, 0.29) is 22.9 Å². The maximum absolute atomic E-state index is 16.0. The van der Waals surface area contributed by atoms with Crippen molar-refractivity contribution in [2.45, 2.75) is 48.4 Å². The van der Waals surface area contributed by atoms with Crippen LogP contribution >= 0.6 is 0 Å². The third kappa shape index (κ3) is 5.27. The van der Waals surface area contributed by atoms with Gasteiger partial charge in [-0.1, -0.05) is 12.1 Å². The Kier molecular flexibility index (Phi) is 6.95. The summed E-state index contributed by atoms with van der Waals surface area (Å²) in [5.74, 6) is -4.48. The molecule has 3 heterocycles. The van der Waals surface area contributed by atoms with Gasteiger partial charge in [0.25, 0.3) is 0 Å². The van der Waals surface area contributed by atoms with Gasteiger partial charge < -0.3 is 4.90 Å². The lowest BCUT2D eigenvalue weighted by Crippen LogP contribution is -2.36. The Labute approximate surface area is 229 Å². The SMILES string of the molecule is O=S(=O)(Cc1cccc(-c2nn(C3CCN(C4CC4)CC3)cc2-c2ccnc(F)c2)c1F)c1cc(F)ccc1F. The Morgan fingerprint density at radius 3 is 2.38 bits per heavy atom. The van der Waals surface area contributed by atoms with Gasteiger partial charge in [-0.05, 0) is 61.6 Å². The topological polar surface area (TPSA) is 68.1 Å². The summed E-state index contributed by atoms with van der Waals surface area (Å²) in [7, 11) is -4.42. The predicted octanol–water partition coefficient (Wildman–Crippen LogP) is 5.94. The first-order valence-corrected chi connectivity index (χ1v) is 14.8. The van der Waals surface area contributed by atoms with E-state index in [9.17, 15) is 21.6 Å². The molecule has 1 aliphatic carbocycles. The van der Waals surface area contributed by atoms with E-state index in [0.717, 1.165) is 38.1 Å². The van der Waals surface area contributed by atoms with Crippen molar-refractivity contribution < 1.29 is 26.0 Å². The number of hydrogen-bond acceptors (Lipinski definition) is 5. The lowest BCUT2D eigenvalue weighted by molar-refractivity contribution is 0.172. The molecule has 0 radical (unpaired) electrons. The molecule has 4 aromatic rings. The van der Waals surface area contributed by atoms with Crippen LogP contribution < -0.4 is 0 Å². The van der Waals surface area contributed by atoms with Crippen molar-refractivity contribution in [3.8, 4) is 22.4 Å². The minimum atomic E-state index is -4.42. The fourth-order valence-corrected chi connectivity index (χ4v) is 6.83. The summed E-state index contributed by atoms with van der Waals surface area (Å²) in [6.45, 7) is 1.87. The highest BCUT2D eigenvalue weighted by Crippen LogP contribution is 2.37. The second-order valence-corrected chi connectivity index (χ2v) is 12.3. The number of rotatable bonds is 7. The van der Waals surface area contributed by atoms with Crippen molar-refractivity contribution >= 4 is 9.84 Å². The van der Waals surface area contributed by atoms with Gasteiger partial charge in [0.1, 0.15) is 28.0 Å². The van der Waals surface area contributed by atoms with Crippen LogP contribution in [0.3, 0.4) is 0 Å². The molecule has 1 aliphatic heterocycles. The highest BCUT2D eigenvalue weighted by molar-refractivity contribution is 7.90. The van der Waals surface area contributed by atoms with Crippen LogP contribution in [0.25, 0.3) is 22.4 Å². The number of sulfone groups is 1. The molecule has 1 saturated heterocycles. The number of nitrogens with zero attached hydrogens (tertiary/aromatic N) is 4. The van der Waals surface area contributed by atoms with Gasteiger partial charge in [-0.15, -0.1) is 0 Å². The second kappa shape index (κ2) is 10.4. The van der Waals surface area contributed by atoms with E-state index in [1.165, 1.54) is 43.3 Å². The van der Waals surface area contributed by atoms with Gasteiger partial charge in [-0.25, -0.2) is 26.6 Å². The fraction of sp³-hybridized carbons (Fsp3) is 0.310. The molecule has 6 rings (SSSR count). The summed E-state index contributed by atoms with van der Waals surface area (Å²) < 4.78 is 85.7. The lowest BCUT2D eigenvalue weighted by Gasteiger charge is -2.32. The van der Waals surface area contributed by atoms with Gasteiger partial charge in [0.2, 0.25) is 5.95 Å². The molecule has 2 aliphatic rings. The largest absolute Gasteiger partial charge is 0.300 e. The molecule has 0 unspecified atom stereocenters. The van der Waals surface area contributed by atoms with Crippen LogP contribution in [0.15, 0.2) is 65.8 Å². The molecule has 2 aromatic heterocycles. The number of benzene rings is 2. The van der Waals surface area contributed by atoms with E-state index in [1.54, 1.807) is 16.9 Å². The zero-order valence-corrected chi connectivity index (χ0v) is 22.2. The minimum absolute atomic E-state index is 0.0220. The number of pyridine rings is 1. The Morgan fingerprint density at radius 1 is 0.875 bits per heavy atom. The molecular formula is C29H26F4N4O2S. The predicted molar refractivity (Wildman–Crippen MR) is 141 cm³/mol. The smallest absolute Gasteiger partial charge is 0.213 e. The van der Waals surface area contributed by atoms with Gasteiger partial charge in [-0.2, -0.15) is 9.49 Å². The summed E-state index contributed by atoms with van der Waals surface area (Å²) in [5.41, 5.74) is 0.947. The van der Waals surface area contributed by atoms with Crippen molar-refractivity contribution in [3.05, 3.63) is 89.9 Å². The van der Waals surface area contributed by atoms with Crippen LogP contribution in [0.1, 0.15) is 37.3 Å². The molecule has 2 fully saturated rings. The molecule has 0 amide bonds. The first-order chi connectivity index (χ1) is 19.2. The number of hydrogen-bond donors (Lipinski definition) is 0. The molecule has 11 heteroatoms. The number of halogens is 4. The van der Waals surface area contributed by atoms with E-state index >= 15 is 4.39 Å². The van der Waals surface area contributed by atoms with Crippen LogP contribution in [-0.2, 0) is 15.6 Å². The molecule has 6 nitrogen and oxygen atoms in total. The molecule has 0 atom stereocenters. The maximum atomic E-state index is 16.0. The van der Waals surface area contributed by atoms with E-state index < -0.39 is 43.9 Å². The summed E-state index contributed by atoms with van der Waals surface area (Å²) in [5, 5.41) is 4.73. The molecule has 0 bridgehead atoms. The monoisotopic (exact) mass is 570 g/mol. The number of likely N-dealkylation sites (tertiary alicyclic amines) is 1. The summed E-state index contributed by atoms with van der Waals surface area (Å²) in [6.07, 6.45) is 7.26. The molecule has 2 aromatic carbocycles. The Bertz CT molecular complexity index is 1680. The molecule has 208 valence electrons. The van der Waals surface area contributed by atoms with Crippen LogP contribution in [0.4, 0.5) is 17.6 Å². The quantitative estimate of drug-likeness (QED) is 0.203. The van der Waals surface area contributed by atoms with Crippen molar-refractivity contribution in [3.63, 3.8) is 0 Å². The van der Waals surface area contributed by atoms with Crippen molar-refractivity contribution in [1.29, 1.82) is 0 Å². The van der Waals surface area contributed by atoms with Crippen molar-refractivity contribution in [2.75, 3.05) is 13.1 Å². The summed E-state index contributed by atoms with van der Waals surface area (Å²) in [4.78, 5) is 5.25. The molecule has 40 heavy (non-hydrogen) atoms. The molecular weight excluding hydrogens is 544 g/mol. The highest BCUT2D eigenvalue weighted by Gasteiger charge is 2.33. The third-order valence-electron chi connectivity index (χ3n) is 7.61. The second-order valence-electron chi connectivity index (χ2n) is 10.3. The molecule has 1 saturated carbocycles. The molecule has 0 spiro atoms. The first kappa shape index (κ1) is 26.6. The van der Waals surface area contributed by atoms with Crippen LogP contribution in [0, 0.1) is 23.4 Å². The average Bonchev–Trinajstić information content (AvgIpc) is 3.69. The minimum Gasteiger partial charge on any atom is -0.300 e. The highest BCUT2D eigenvalue weighted by atomic mass is 32.2. The number of aromatic nitrogens is 3. The van der Waals surface area contributed by atoms with Crippen LogP contribution in [0.2, 0.25) is 0 Å². The van der Waals surface area contributed by atoms with Gasteiger partial charge in [0.05, 0.1) is 11.8 Å². The zero-order chi connectivity index (χ0) is 28.0. The van der Waals surface area contributed by atoms with Crippen LogP contribution in [-0.4, -0.2) is 47.2 Å². The van der Waals surface area contributed by atoms with Gasteiger partial charge in [-0.3, -0.25) is 4.68 Å². The van der Waals surface area contributed by atoms with E-state index in [1.807, 2.05) is 0 Å². The van der Waals surface area contributed by atoms with E-state index in [2.05, 4.69) is 9.88 Å². The Balaban J connectivity index is 1.38. The van der Waals surface area contributed by atoms with Gasteiger partial charge in [0, 0.05) is 54.3 Å². The van der Waals surface area contributed by atoms with E-state index in [4.69, 9.17) is 5.10 Å². The number of piperidine rings is 1. The Morgan fingerprint density at radius 2 is 1.65 bits per heavy atom. The summed E-state index contributed by atoms with van der Waals surface area (Å²) in [6, 6.07) is 9.91. The maximum Gasteiger partial charge on any atom is 0.213 e. The summed E-state index contributed by atoms with van der Waals surface area (Å²) >= 11 is 0. The average molecular weight is 571 g/mol. The third-order valence-corrected chi connectivity index (χ3v) is 9.29. The molecule has 0 N–H and O–H groups in total. The zero-order valence-electron chi connectivity index (χ0n) is 21.4. The van der Waals surface area contributed by atoms with Gasteiger partial charge >= 0.3 is 0 Å². The van der Waals surface area contributed by atoms with E-state index in [0.29, 0.717) is 23.2 Å². The van der Waals surface area contributed by atoms with Crippen molar-refractivity contribution in [1.82, 2.24) is 19.7 Å². The van der Waals surface area contributed by atoms with Crippen LogP contribution in [0.5, 0.6) is 0 Å². The fourth-order valence-electron chi connectivity index (χ4n) is 5.39. The first-order valence-electron chi connectivity index (χ1n) is 13.1. The lowest BCUT2D eigenvalue weighted by atomic mass is 10.0. The van der Waals surface area contributed by atoms with Gasteiger partial charge in [0.15, 0.2) is 9.84 Å². The normalized spacial score (nSPS) is 16.9. The Hall–Kier alpha value is -3.57. The standard InChI is InChI=1S/C29H26F4N4O2S/c30-20-4-7-25(31)26(15-20)40(38,39)17-19-2-1-3-23(28(19)33)29-24(18-8-11-34-27(32)14-18)16-37(35-29)22-9-12-36(13-10-22)21-5-6-21/h1-4,7-8,11,14-16,21-22H,5-6,9-10,12-13,17H2. The van der Waals surface area contributed by atoms with Crippen molar-refractivity contribution in [2.24, 2.45) is 0 Å².